The fourth-order valence-electron chi connectivity index (χ4n) is 11.0. The van der Waals surface area contributed by atoms with Gasteiger partial charge < -0.3 is 19.7 Å². The molecule has 2 heterocycles. The number of fused-ring (bicyclic) bond motifs is 5. The molecule has 2 aliphatic rings. The third-order valence-corrected chi connectivity index (χ3v) is 13.8. The summed E-state index contributed by atoms with van der Waals surface area (Å²) in [6, 6.07) is 83.2. The number of nitrogens with zero attached hydrogens (tertiary/aromatic N) is 3. The first kappa shape index (κ1) is 35.4. The van der Waals surface area contributed by atoms with Crippen LogP contribution in [0.2, 0.25) is 0 Å². The molecule has 0 unspecified atom stereocenters. The van der Waals surface area contributed by atoms with E-state index in [1.807, 2.05) is 0 Å². The van der Waals surface area contributed by atoms with Crippen LogP contribution in [0, 0.1) is 0 Å². The summed E-state index contributed by atoms with van der Waals surface area (Å²) in [4.78, 5) is 7.55. The lowest BCUT2D eigenvalue weighted by Gasteiger charge is -2.31. The van der Waals surface area contributed by atoms with Crippen molar-refractivity contribution in [3.63, 3.8) is 0 Å². The predicted molar refractivity (Wildman–Crippen MR) is 276 cm³/mol. The molecule has 0 saturated heterocycles. The molecule has 12 aromatic rings. The zero-order chi connectivity index (χ0) is 41.9. The van der Waals surface area contributed by atoms with E-state index in [0.717, 1.165) is 17.1 Å². The van der Waals surface area contributed by atoms with Gasteiger partial charge in [0, 0.05) is 22.7 Å². The van der Waals surface area contributed by atoms with E-state index in [9.17, 15) is 0 Å². The average Bonchev–Trinajstić information content (AvgIpc) is 3.92. The quantitative estimate of drug-likeness (QED) is 0.138. The van der Waals surface area contributed by atoms with Crippen LogP contribution in [0.5, 0.6) is 0 Å². The molecule has 0 aliphatic carbocycles. The Hall–Kier alpha value is -8.21. The molecule has 64 heavy (non-hydrogen) atoms. The van der Waals surface area contributed by atoms with E-state index in [0.29, 0.717) is 0 Å². The third-order valence-electron chi connectivity index (χ3n) is 13.8. The van der Waals surface area contributed by atoms with Gasteiger partial charge in [0.25, 0.3) is 0 Å². The summed E-state index contributed by atoms with van der Waals surface area (Å²) in [5, 5.41) is 18.9. The minimum absolute atomic E-state index is 0.0711. The minimum atomic E-state index is -0.149. The highest BCUT2D eigenvalue weighted by Crippen LogP contribution is 2.48. The van der Waals surface area contributed by atoms with E-state index in [1.165, 1.54) is 98.3 Å². The van der Waals surface area contributed by atoms with Gasteiger partial charge in [-0.15, -0.1) is 0 Å². The first-order valence-corrected chi connectivity index (χ1v) is 22.2. The van der Waals surface area contributed by atoms with Gasteiger partial charge in [-0.1, -0.05) is 164 Å². The second kappa shape index (κ2) is 13.6. The summed E-state index contributed by atoms with van der Waals surface area (Å²) >= 11 is 0. The van der Waals surface area contributed by atoms with Crippen LogP contribution < -0.4 is 30.6 Å². The smallest absolute Gasteiger partial charge is 0.403 e. The topological polar surface area (TPSA) is 21.8 Å². The second-order valence-electron chi connectivity index (χ2n) is 17.4. The summed E-state index contributed by atoms with van der Waals surface area (Å²) in [7, 11) is 0. The standard InChI is InChI=1S/C58H38B2N4/c1-4-14-41-35-50(28-25-38(41)11-1)62-54-18-8-7-17-53(54)61-59(62)48-31-44-21-23-46-33-49(34-47-24-22-45(32-48)57(44)58(46)47)60-63(51-29-26-39-12-2-5-15-42(39)36-51)55-19-9-10-20-56(55)64(60)52-30-27-40-13-3-6-16-43(40)37-52/h1-37,61H. The van der Waals surface area contributed by atoms with Gasteiger partial charge in [0.15, 0.2) is 0 Å². The molecule has 14 rings (SSSR count). The summed E-state index contributed by atoms with van der Waals surface area (Å²) in [5.74, 6) is 0. The molecule has 0 radical (unpaired) electrons. The van der Waals surface area contributed by atoms with Crippen LogP contribution in [0.4, 0.5) is 39.8 Å². The normalized spacial score (nSPS) is 13.6. The van der Waals surface area contributed by atoms with Gasteiger partial charge in [0.2, 0.25) is 0 Å². The monoisotopic (exact) mass is 812 g/mol. The fourth-order valence-corrected chi connectivity index (χ4v) is 11.0. The van der Waals surface area contributed by atoms with Gasteiger partial charge in [-0.2, -0.15) is 0 Å². The van der Waals surface area contributed by atoms with Gasteiger partial charge in [0.05, 0.1) is 17.1 Å². The number of nitrogens with one attached hydrogen (secondary N) is 1. The van der Waals surface area contributed by atoms with Crippen LogP contribution in [0.15, 0.2) is 224 Å². The molecular weight excluding hydrogens is 774 g/mol. The van der Waals surface area contributed by atoms with Gasteiger partial charge in [-0.25, -0.2) is 0 Å². The summed E-state index contributed by atoms with van der Waals surface area (Å²) in [6.45, 7) is -0.220. The average molecular weight is 813 g/mol. The lowest BCUT2D eigenvalue weighted by atomic mass is 9.63. The van der Waals surface area contributed by atoms with E-state index >= 15 is 0 Å². The molecule has 4 nitrogen and oxygen atoms in total. The highest BCUT2D eigenvalue weighted by atomic mass is 15.3. The zero-order valence-corrected chi connectivity index (χ0v) is 34.9. The van der Waals surface area contributed by atoms with Crippen LogP contribution in [0.25, 0.3) is 64.6 Å². The Morgan fingerprint density at radius 2 is 0.641 bits per heavy atom. The van der Waals surface area contributed by atoms with Crippen molar-refractivity contribution >= 4 is 129 Å². The molecule has 1 N–H and O–H groups in total. The lowest BCUT2D eigenvalue weighted by molar-refractivity contribution is 1.41. The Bertz CT molecular complexity index is 3670. The third kappa shape index (κ3) is 5.32. The Labute approximate surface area is 371 Å². The molecule has 12 aromatic carbocycles. The Kier molecular flexibility index (Phi) is 7.55. The minimum Gasteiger partial charge on any atom is -0.403 e. The Balaban J connectivity index is 0.930. The number of hydrogen-bond acceptors (Lipinski definition) is 4. The largest absolute Gasteiger partial charge is 0.420 e. The number of rotatable bonds is 5. The van der Waals surface area contributed by atoms with Gasteiger partial charge in [-0.05, 0) is 136 Å². The van der Waals surface area contributed by atoms with Crippen molar-refractivity contribution in [3.8, 4) is 0 Å². The van der Waals surface area contributed by atoms with Crippen molar-refractivity contribution in [2.75, 3.05) is 19.7 Å². The van der Waals surface area contributed by atoms with E-state index in [4.69, 9.17) is 0 Å². The van der Waals surface area contributed by atoms with Crippen molar-refractivity contribution in [2.24, 2.45) is 0 Å². The highest BCUT2D eigenvalue weighted by Gasteiger charge is 2.44. The first-order valence-electron chi connectivity index (χ1n) is 22.2. The zero-order valence-electron chi connectivity index (χ0n) is 34.9. The van der Waals surface area contributed by atoms with E-state index in [1.54, 1.807) is 0 Å². The number of hydrogen-bond donors (Lipinski definition) is 1. The van der Waals surface area contributed by atoms with Crippen molar-refractivity contribution in [2.45, 2.75) is 0 Å². The summed E-state index contributed by atoms with van der Waals surface area (Å²) in [5.41, 5.74) is 10.7. The molecule has 0 aromatic heterocycles. The van der Waals surface area contributed by atoms with E-state index in [2.05, 4.69) is 244 Å². The molecular formula is C58H38B2N4. The SMILES string of the molecule is c1ccc2c(c1)NB(c1cc3ccc4cc(B5N(c6ccc7ccccc7c6)c6ccccc6N5c5ccc6ccccc6c5)cc5ccc(c1)c3c45)N2c1ccc2ccccc2c1. The van der Waals surface area contributed by atoms with Crippen LogP contribution in [0.3, 0.4) is 0 Å². The van der Waals surface area contributed by atoms with Gasteiger partial charge >= 0.3 is 14.0 Å². The molecule has 0 amide bonds. The van der Waals surface area contributed by atoms with Gasteiger partial charge in [0.1, 0.15) is 0 Å². The molecule has 0 spiro atoms. The molecule has 296 valence electrons. The summed E-state index contributed by atoms with van der Waals surface area (Å²) < 4.78 is 0. The second-order valence-corrected chi connectivity index (χ2v) is 17.4. The van der Waals surface area contributed by atoms with E-state index in [-0.39, 0.29) is 14.0 Å². The van der Waals surface area contributed by atoms with Crippen LogP contribution >= 0.6 is 0 Å². The van der Waals surface area contributed by atoms with Crippen LogP contribution in [0.1, 0.15) is 0 Å². The van der Waals surface area contributed by atoms with Crippen molar-refractivity contribution in [3.05, 3.63) is 224 Å². The van der Waals surface area contributed by atoms with Crippen molar-refractivity contribution in [1.82, 2.24) is 0 Å². The van der Waals surface area contributed by atoms with Crippen molar-refractivity contribution < 1.29 is 0 Å². The van der Waals surface area contributed by atoms with Crippen LogP contribution in [-0.2, 0) is 0 Å². The van der Waals surface area contributed by atoms with Gasteiger partial charge in [-0.3, -0.25) is 0 Å². The number of para-hydroxylation sites is 4. The Morgan fingerprint density at radius 1 is 0.281 bits per heavy atom. The molecule has 0 atom stereocenters. The highest BCUT2D eigenvalue weighted by molar-refractivity contribution is 6.85. The fraction of sp³-hybridized carbons (Fsp3) is 0. The molecule has 6 heteroatoms. The van der Waals surface area contributed by atoms with E-state index < -0.39 is 0 Å². The molecule has 0 fully saturated rings. The summed E-state index contributed by atoms with van der Waals surface area (Å²) in [6.07, 6.45) is 0. The molecule has 2 aliphatic heterocycles. The lowest BCUT2D eigenvalue weighted by Crippen LogP contribution is -2.53. The maximum atomic E-state index is 3.91. The predicted octanol–water partition coefficient (Wildman–Crippen LogP) is 13.7. The van der Waals surface area contributed by atoms with Crippen LogP contribution in [-0.4, -0.2) is 14.0 Å². The maximum Gasteiger partial charge on any atom is 0.420 e. The first-order chi connectivity index (χ1) is 31.7. The Morgan fingerprint density at radius 3 is 1.11 bits per heavy atom. The van der Waals surface area contributed by atoms with Crippen molar-refractivity contribution in [1.29, 1.82) is 0 Å². The number of benzene rings is 12. The molecule has 0 bridgehead atoms. The molecule has 0 saturated carbocycles. The maximum absolute atomic E-state index is 3.91. The number of anilines is 7.